The van der Waals surface area contributed by atoms with Crippen LogP contribution < -0.4 is 0 Å². The van der Waals surface area contributed by atoms with E-state index in [0.29, 0.717) is 18.3 Å². The van der Waals surface area contributed by atoms with E-state index >= 15 is 0 Å². The number of fused-ring (bicyclic) bond motifs is 1. The van der Waals surface area contributed by atoms with Crippen molar-refractivity contribution in [1.82, 2.24) is 0 Å². The van der Waals surface area contributed by atoms with Gasteiger partial charge in [0.1, 0.15) is 6.61 Å². The minimum Gasteiger partial charge on any atom is -0.497 e. The third-order valence-electron chi connectivity index (χ3n) is 5.01. The second-order valence-electron chi connectivity index (χ2n) is 7.97. The van der Waals surface area contributed by atoms with Gasteiger partial charge in [0.2, 0.25) is 0 Å². The highest BCUT2D eigenvalue weighted by molar-refractivity contribution is 6.80. The van der Waals surface area contributed by atoms with Crippen LogP contribution >= 0.6 is 0 Å². The molecule has 0 N–H and O–H groups in total. The highest BCUT2D eigenvalue weighted by Crippen LogP contribution is 2.49. The number of rotatable bonds is 4. The van der Waals surface area contributed by atoms with Gasteiger partial charge in [-0.05, 0) is 31.6 Å². The fourth-order valence-electron chi connectivity index (χ4n) is 3.70. The zero-order valence-electron chi connectivity index (χ0n) is 14.1. The summed E-state index contributed by atoms with van der Waals surface area (Å²) in [7, 11) is -1.14. The minimum absolute atomic E-state index is 0.111. The van der Waals surface area contributed by atoms with Crippen molar-refractivity contribution in [3.63, 3.8) is 0 Å². The van der Waals surface area contributed by atoms with Crippen LogP contribution in [0, 0.1) is 11.3 Å². The molecule has 0 amide bonds. The number of carbonyl (C=O) groups excluding carboxylic acids is 1. The summed E-state index contributed by atoms with van der Waals surface area (Å²) < 4.78 is 5.62. The van der Waals surface area contributed by atoms with E-state index in [1.165, 1.54) is 19.3 Å². The van der Waals surface area contributed by atoms with Gasteiger partial charge in [0.25, 0.3) is 0 Å². The molecule has 3 heteroatoms. The van der Waals surface area contributed by atoms with Gasteiger partial charge in [0.15, 0.2) is 5.78 Å². The number of hydrogen-bond acceptors (Lipinski definition) is 2. The molecule has 0 saturated heterocycles. The summed E-state index contributed by atoms with van der Waals surface area (Å²) in [5, 5.41) is 0. The van der Waals surface area contributed by atoms with E-state index in [9.17, 15) is 4.79 Å². The van der Waals surface area contributed by atoms with Crippen LogP contribution in [0.4, 0.5) is 0 Å². The van der Waals surface area contributed by atoms with Crippen LogP contribution in [0.15, 0.2) is 23.6 Å². The quantitative estimate of drug-likeness (QED) is 0.320. The third kappa shape index (κ3) is 4.09. The van der Waals surface area contributed by atoms with Crippen LogP contribution in [-0.2, 0) is 9.53 Å². The van der Waals surface area contributed by atoms with Crippen molar-refractivity contribution >= 4 is 13.9 Å². The maximum atomic E-state index is 12.7. The second-order valence-corrected chi connectivity index (χ2v) is 13.0. The van der Waals surface area contributed by atoms with Crippen molar-refractivity contribution in [2.45, 2.75) is 65.1 Å². The van der Waals surface area contributed by atoms with Crippen LogP contribution in [0.25, 0.3) is 0 Å². The predicted molar refractivity (Wildman–Crippen MR) is 90.8 cm³/mol. The number of allylic oxidation sites excluding steroid dienone is 1. The first-order chi connectivity index (χ1) is 9.83. The molecule has 118 valence electrons. The standard InChI is InChI=1S/C18H30O2Si/c1-18-11-6-5-8-16(18)10-9-15(17(18)19)14-20-12-7-13-21(2,3)4/h7,13-14,16H,5-6,8-12H2,1-4H3/b13-7+,15-14+/t16-,18+/m0/s1. The van der Waals surface area contributed by atoms with E-state index < -0.39 is 8.07 Å². The number of ketones is 1. The summed E-state index contributed by atoms with van der Waals surface area (Å²) in [6.45, 7) is 9.67. The molecule has 2 rings (SSSR count). The molecular weight excluding hydrogens is 276 g/mol. The van der Waals surface area contributed by atoms with Gasteiger partial charge < -0.3 is 4.74 Å². The Morgan fingerprint density at radius 1 is 1.29 bits per heavy atom. The van der Waals surface area contributed by atoms with Gasteiger partial charge in [-0.25, -0.2) is 0 Å². The van der Waals surface area contributed by atoms with Crippen molar-refractivity contribution in [3.05, 3.63) is 23.6 Å². The molecule has 21 heavy (non-hydrogen) atoms. The van der Waals surface area contributed by atoms with Gasteiger partial charge in [-0.2, -0.15) is 0 Å². The molecule has 2 nitrogen and oxygen atoms in total. The first-order valence-corrected chi connectivity index (χ1v) is 11.9. The fraction of sp³-hybridized carbons (Fsp3) is 0.722. The number of carbonyl (C=O) groups is 1. The third-order valence-corrected chi connectivity index (χ3v) is 6.24. The van der Waals surface area contributed by atoms with Crippen LogP contribution in [0.1, 0.15) is 45.4 Å². The first kappa shape index (κ1) is 16.5. The fourth-order valence-corrected chi connectivity index (χ4v) is 4.50. The lowest BCUT2D eigenvalue weighted by Crippen LogP contribution is -2.42. The molecule has 0 spiro atoms. The Morgan fingerprint density at radius 2 is 2.05 bits per heavy atom. The van der Waals surface area contributed by atoms with Gasteiger partial charge in [-0.1, -0.05) is 51.2 Å². The van der Waals surface area contributed by atoms with Gasteiger partial charge in [-0.15, -0.1) is 0 Å². The summed E-state index contributed by atoms with van der Waals surface area (Å²) in [5.41, 5.74) is 3.09. The molecule has 2 aliphatic rings. The minimum atomic E-state index is -1.14. The predicted octanol–water partition coefficient (Wildman–Crippen LogP) is 4.88. The summed E-state index contributed by atoms with van der Waals surface area (Å²) in [5.74, 6) is 0.954. The van der Waals surface area contributed by atoms with Gasteiger partial charge in [0.05, 0.1) is 14.3 Å². The van der Waals surface area contributed by atoms with Crippen LogP contribution in [0.2, 0.25) is 19.6 Å². The van der Waals surface area contributed by atoms with Crippen LogP contribution in [0.5, 0.6) is 0 Å². The van der Waals surface area contributed by atoms with Gasteiger partial charge in [0, 0.05) is 11.0 Å². The Labute approximate surface area is 130 Å². The molecule has 0 heterocycles. The summed E-state index contributed by atoms with van der Waals surface area (Å²) in [6, 6.07) is 0. The molecule has 0 unspecified atom stereocenters. The van der Waals surface area contributed by atoms with Crippen LogP contribution in [0.3, 0.4) is 0 Å². The summed E-state index contributed by atoms with van der Waals surface area (Å²) >= 11 is 0. The first-order valence-electron chi connectivity index (χ1n) is 8.36. The molecule has 0 aliphatic heterocycles. The molecule has 0 aromatic heterocycles. The Morgan fingerprint density at radius 3 is 2.76 bits per heavy atom. The second kappa shape index (κ2) is 6.51. The molecule has 2 atom stereocenters. The number of hydrogen-bond donors (Lipinski definition) is 0. The normalized spacial score (nSPS) is 32.5. The molecule has 2 aliphatic carbocycles. The lowest BCUT2D eigenvalue weighted by Gasteiger charge is -2.44. The highest BCUT2D eigenvalue weighted by atomic mass is 28.3. The highest BCUT2D eigenvalue weighted by Gasteiger charge is 2.46. The average molecular weight is 307 g/mol. The maximum absolute atomic E-state index is 12.7. The topological polar surface area (TPSA) is 26.3 Å². The molecule has 2 fully saturated rings. The summed E-state index contributed by atoms with van der Waals surface area (Å²) in [4.78, 5) is 12.7. The van der Waals surface area contributed by atoms with Crippen molar-refractivity contribution in [2.75, 3.05) is 6.61 Å². The Kier molecular flexibility index (Phi) is 5.13. The van der Waals surface area contributed by atoms with Crippen molar-refractivity contribution in [3.8, 4) is 0 Å². The number of Topliss-reactive ketones (excluding diaryl/α,β-unsaturated/α-hetero) is 1. The number of ether oxygens (including phenoxy) is 1. The molecule has 0 radical (unpaired) electrons. The summed E-state index contributed by atoms with van der Waals surface area (Å²) in [6.07, 6.45) is 10.7. The lowest BCUT2D eigenvalue weighted by molar-refractivity contribution is -0.131. The van der Waals surface area contributed by atoms with Crippen molar-refractivity contribution < 1.29 is 9.53 Å². The van der Waals surface area contributed by atoms with Gasteiger partial charge >= 0.3 is 0 Å². The molecule has 2 saturated carbocycles. The molecular formula is C18H30O2Si. The zero-order chi connectivity index (χ0) is 15.5. The van der Waals surface area contributed by atoms with Crippen LogP contribution in [-0.4, -0.2) is 20.5 Å². The Hall–Kier alpha value is -0.833. The molecule has 0 bridgehead atoms. The lowest BCUT2D eigenvalue weighted by atomic mass is 9.59. The maximum Gasteiger partial charge on any atom is 0.168 e. The largest absolute Gasteiger partial charge is 0.497 e. The SMILES string of the molecule is C[C@@]12CCCC[C@H]1CC/C(=C\OC/C=C/[Si](C)(C)C)C2=O. The van der Waals surface area contributed by atoms with E-state index in [1.54, 1.807) is 6.26 Å². The average Bonchev–Trinajstić information content (AvgIpc) is 2.40. The molecule has 0 aromatic carbocycles. The van der Waals surface area contributed by atoms with E-state index in [-0.39, 0.29) is 5.41 Å². The van der Waals surface area contributed by atoms with Gasteiger partial charge in [-0.3, -0.25) is 4.79 Å². The van der Waals surface area contributed by atoms with Crippen molar-refractivity contribution in [2.24, 2.45) is 11.3 Å². The van der Waals surface area contributed by atoms with Crippen molar-refractivity contribution in [1.29, 1.82) is 0 Å². The molecule has 0 aromatic rings. The van der Waals surface area contributed by atoms with E-state index in [2.05, 4.69) is 38.3 Å². The van der Waals surface area contributed by atoms with E-state index in [1.807, 2.05) is 0 Å². The Bertz CT molecular complexity index is 445. The zero-order valence-corrected chi connectivity index (χ0v) is 15.1. The van der Waals surface area contributed by atoms with E-state index in [0.717, 1.165) is 24.8 Å². The monoisotopic (exact) mass is 306 g/mol. The smallest absolute Gasteiger partial charge is 0.168 e. The van der Waals surface area contributed by atoms with E-state index in [4.69, 9.17) is 4.74 Å². The Balaban J connectivity index is 1.93.